The molecule has 2 N–H and O–H groups in total. The van der Waals surface area contributed by atoms with Crippen molar-refractivity contribution in [2.75, 3.05) is 6.26 Å². The average molecular weight is 454 g/mol. The lowest BCUT2D eigenvalue weighted by atomic mass is 10.2. The highest BCUT2D eigenvalue weighted by Gasteiger charge is 2.19. The Morgan fingerprint density at radius 2 is 1.81 bits per heavy atom. The lowest BCUT2D eigenvalue weighted by Gasteiger charge is -2.07. The largest absolute Gasteiger partial charge is 0.366 e. The van der Waals surface area contributed by atoms with Crippen LogP contribution >= 0.6 is 0 Å². The molecule has 32 heavy (non-hydrogen) atoms. The van der Waals surface area contributed by atoms with Crippen LogP contribution in [0.5, 0.6) is 0 Å². The van der Waals surface area contributed by atoms with E-state index in [9.17, 15) is 22.4 Å². The first-order valence-corrected chi connectivity index (χ1v) is 11.0. The Kier molecular flexibility index (Phi) is 5.18. The van der Waals surface area contributed by atoms with E-state index in [1.807, 2.05) is 0 Å². The summed E-state index contributed by atoms with van der Waals surface area (Å²) in [5.41, 5.74) is 6.07. The van der Waals surface area contributed by atoms with E-state index in [4.69, 9.17) is 10.6 Å². The quantitative estimate of drug-likeness (QED) is 0.487. The third-order valence-electron chi connectivity index (χ3n) is 4.59. The maximum atomic E-state index is 13.4. The second kappa shape index (κ2) is 7.85. The molecule has 0 atom stereocenters. The van der Waals surface area contributed by atoms with E-state index in [1.165, 1.54) is 55.0 Å². The standard InChI is InChI=1S/C21H15FN4O5S/c1-32(29,30)15-5-6-18-16(8-15)17(19(23)27)11-26(18)31-21(28)13-9-24-20(25-10-13)12-3-2-4-14(22)7-12/h2-11H,1H3,(H2,23,27). The summed E-state index contributed by atoms with van der Waals surface area (Å²) in [5.74, 6) is -1.88. The van der Waals surface area contributed by atoms with Crippen molar-refractivity contribution in [1.29, 1.82) is 0 Å². The molecule has 1 amide bonds. The van der Waals surface area contributed by atoms with Crippen molar-refractivity contribution in [2.24, 2.45) is 5.73 Å². The minimum absolute atomic E-state index is 0.000356. The van der Waals surface area contributed by atoms with Crippen LogP contribution in [-0.2, 0) is 9.84 Å². The number of rotatable bonds is 5. The fourth-order valence-corrected chi connectivity index (χ4v) is 3.68. The number of nitrogens with zero attached hydrogens (tertiary/aromatic N) is 3. The zero-order valence-corrected chi connectivity index (χ0v) is 17.3. The molecule has 0 saturated heterocycles. The number of hydrogen-bond acceptors (Lipinski definition) is 7. The van der Waals surface area contributed by atoms with E-state index in [2.05, 4.69) is 9.97 Å². The molecule has 0 aliphatic heterocycles. The van der Waals surface area contributed by atoms with Crippen LogP contribution in [0, 0.1) is 5.82 Å². The van der Waals surface area contributed by atoms with E-state index in [-0.39, 0.29) is 32.7 Å². The molecule has 0 radical (unpaired) electrons. The van der Waals surface area contributed by atoms with Gasteiger partial charge in [-0.2, -0.15) is 4.73 Å². The van der Waals surface area contributed by atoms with Crippen molar-refractivity contribution in [3.63, 3.8) is 0 Å². The number of aromatic nitrogens is 3. The highest BCUT2D eigenvalue weighted by atomic mass is 32.2. The van der Waals surface area contributed by atoms with Gasteiger partial charge in [-0.3, -0.25) is 4.79 Å². The third-order valence-corrected chi connectivity index (χ3v) is 5.70. The fraction of sp³-hybridized carbons (Fsp3) is 0.0476. The summed E-state index contributed by atoms with van der Waals surface area (Å²) in [7, 11) is -3.53. The van der Waals surface area contributed by atoms with Crippen LogP contribution in [0.3, 0.4) is 0 Å². The summed E-state index contributed by atoms with van der Waals surface area (Å²) in [6.45, 7) is 0. The number of sulfone groups is 1. The van der Waals surface area contributed by atoms with Gasteiger partial charge >= 0.3 is 5.97 Å². The predicted molar refractivity (Wildman–Crippen MR) is 112 cm³/mol. The second-order valence-electron chi connectivity index (χ2n) is 6.87. The number of halogens is 1. The molecule has 4 aromatic rings. The van der Waals surface area contributed by atoms with Gasteiger partial charge in [0, 0.05) is 29.6 Å². The molecule has 0 fully saturated rings. The molecule has 162 valence electrons. The third kappa shape index (κ3) is 4.05. The van der Waals surface area contributed by atoms with Crippen molar-refractivity contribution in [2.45, 2.75) is 4.90 Å². The van der Waals surface area contributed by atoms with Gasteiger partial charge in [-0.15, -0.1) is 0 Å². The van der Waals surface area contributed by atoms with Gasteiger partial charge in [0.15, 0.2) is 15.7 Å². The Morgan fingerprint density at radius 1 is 1.09 bits per heavy atom. The van der Waals surface area contributed by atoms with Crippen molar-refractivity contribution in [3.8, 4) is 11.4 Å². The Labute approximate surface area is 181 Å². The normalized spacial score (nSPS) is 11.4. The number of carbonyl (C=O) groups excluding carboxylic acids is 2. The van der Waals surface area contributed by atoms with Crippen molar-refractivity contribution in [3.05, 3.63) is 78.0 Å². The highest BCUT2D eigenvalue weighted by Crippen LogP contribution is 2.24. The van der Waals surface area contributed by atoms with Crippen molar-refractivity contribution < 1.29 is 27.2 Å². The number of carbonyl (C=O) groups is 2. The second-order valence-corrected chi connectivity index (χ2v) is 8.88. The Morgan fingerprint density at radius 3 is 2.44 bits per heavy atom. The van der Waals surface area contributed by atoms with Gasteiger partial charge in [0.05, 0.1) is 27.7 Å². The van der Waals surface area contributed by atoms with Gasteiger partial charge in [0.1, 0.15) is 5.82 Å². The van der Waals surface area contributed by atoms with Crippen LogP contribution < -0.4 is 10.6 Å². The van der Waals surface area contributed by atoms with Gasteiger partial charge in [0.2, 0.25) is 0 Å². The van der Waals surface area contributed by atoms with E-state index in [0.29, 0.717) is 5.56 Å². The van der Waals surface area contributed by atoms with Crippen LogP contribution in [0.4, 0.5) is 4.39 Å². The molecule has 9 nitrogen and oxygen atoms in total. The van der Waals surface area contributed by atoms with Crippen LogP contribution in [0.15, 0.2) is 66.0 Å². The molecule has 0 bridgehead atoms. The molecule has 2 aromatic heterocycles. The molecule has 4 rings (SSSR count). The minimum Gasteiger partial charge on any atom is -0.366 e. The number of benzene rings is 2. The van der Waals surface area contributed by atoms with E-state index in [1.54, 1.807) is 6.07 Å². The molecular formula is C21H15FN4O5S. The average Bonchev–Trinajstić information content (AvgIpc) is 3.11. The Hall–Kier alpha value is -4.12. The summed E-state index contributed by atoms with van der Waals surface area (Å²) >= 11 is 0. The van der Waals surface area contributed by atoms with Crippen LogP contribution in [0.2, 0.25) is 0 Å². The van der Waals surface area contributed by atoms with Crippen LogP contribution in [-0.4, -0.2) is 41.2 Å². The van der Waals surface area contributed by atoms with Crippen LogP contribution in [0.1, 0.15) is 20.7 Å². The van der Waals surface area contributed by atoms with Crippen molar-refractivity contribution in [1.82, 2.24) is 14.7 Å². The molecule has 0 aliphatic rings. The first-order valence-electron chi connectivity index (χ1n) is 9.09. The smallest absolute Gasteiger partial charge is 0.366 e. The predicted octanol–water partition coefficient (Wildman–Crippen LogP) is 2.01. The monoisotopic (exact) mass is 454 g/mol. The molecule has 11 heteroatoms. The first kappa shape index (κ1) is 21.1. The number of nitrogens with two attached hydrogens (primary N) is 1. The summed E-state index contributed by atoms with van der Waals surface area (Å²) in [6.07, 6.45) is 4.66. The van der Waals surface area contributed by atoms with Gasteiger partial charge in [-0.1, -0.05) is 12.1 Å². The summed E-state index contributed by atoms with van der Waals surface area (Å²) in [6, 6.07) is 9.69. The molecule has 0 saturated carbocycles. The number of fused-ring (bicyclic) bond motifs is 1. The lowest BCUT2D eigenvalue weighted by molar-refractivity contribution is 0.0480. The summed E-state index contributed by atoms with van der Waals surface area (Å²) < 4.78 is 38.1. The van der Waals surface area contributed by atoms with Gasteiger partial charge in [0.25, 0.3) is 5.91 Å². The maximum absolute atomic E-state index is 13.4. The number of amides is 1. The van der Waals surface area contributed by atoms with E-state index in [0.717, 1.165) is 11.0 Å². The minimum atomic E-state index is -3.53. The highest BCUT2D eigenvalue weighted by molar-refractivity contribution is 7.90. The topological polar surface area (TPSA) is 134 Å². The zero-order chi connectivity index (χ0) is 23.0. The Balaban J connectivity index is 1.66. The number of hydrogen-bond donors (Lipinski definition) is 1. The zero-order valence-electron chi connectivity index (χ0n) is 16.5. The lowest BCUT2D eigenvalue weighted by Crippen LogP contribution is -2.20. The Bertz CT molecular complexity index is 1480. The fourth-order valence-electron chi connectivity index (χ4n) is 3.03. The van der Waals surface area contributed by atoms with E-state index >= 15 is 0 Å². The molecule has 2 aromatic carbocycles. The molecular weight excluding hydrogens is 439 g/mol. The van der Waals surface area contributed by atoms with Crippen molar-refractivity contribution >= 4 is 32.6 Å². The molecule has 0 spiro atoms. The molecule has 0 unspecified atom stereocenters. The van der Waals surface area contributed by atoms with Gasteiger partial charge < -0.3 is 10.6 Å². The summed E-state index contributed by atoms with van der Waals surface area (Å²) in [4.78, 5) is 37.8. The van der Waals surface area contributed by atoms with E-state index < -0.39 is 27.5 Å². The SMILES string of the molecule is CS(=O)(=O)c1ccc2c(c1)c(C(N)=O)cn2OC(=O)c1cnc(-c2cccc(F)c2)nc1. The number of primary amides is 1. The summed E-state index contributed by atoms with van der Waals surface area (Å²) in [5, 5.41) is 0.214. The molecule has 0 aliphatic carbocycles. The van der Waals surface area contributed by atoms with Crippen LogP contribution in [0.25, 0.3) is 22.3 Å². The van der Waals surface area contributed by atoms with Gasteiger partial charge in [-0.05, 0) is 30.3 Å². The molecule has 2 heterocycles. The van der Waals surface area contributed by atoms with Gasteiger partial charge in [-0.25, -0.2) is 27.6 Å². The first-order chi connectivity index (χ1) is 15.1. The maximum Gasteiger partial charge on any atom is 0.366 e.